The van der Waals surface area contributed by atoms with Gasteiger partial charge in [0.25, 0.3) is 0 Å². The molecule has 0 aliphatic rings. The molecule has 1 rings (SSSR count). The smallest absolute Gasteiger partial charge is 0.194 e. The molecule has 1 aromatic heterocycles. The summed E-state index contributed by atoms with van der Waals surface area (Å²) in [6, 6.07) is 3.56. The molecular formula is C8H10O2S. The summed E-state index contributed by atoms with van der Waals surface area (Å²) in [7, 11) is 0. The molecule has 0 atom stereocenters. The predicted octanol–water partition coefficient (Wildman–Crippen LogP) is 2.35. The van der Waals surface area contributed by atoms with Crippen molar-refractivity contribution in [3.8, 4) is 0 Å². The van der Waals surface area contributed by atoms with Crippen molar-refractivity contribution in [1.82, 2.24) is 0 Å². The molecular weight excluding hydrogens is 160 g/mol. The minimum atomic E-state index is -0.0163. The Morgan fingerprint density at radius 3 is 2.82 bits per heavy atom. The van der Waals surface area contributed by atoms with E-state index in [2.05, 4.69) is 0 Å². The van der Waals surface area contributed by atoms with Crippen molar-refractivity contribution in [1.29, 1.82) is 0 Å². The van der Waals surface area contributed by atoms with E-state index in [1.165, 1.54) is 6.92 Å². The Bertz CT molecular complexity index is 252. The number of hydrogen-bond acceptors (Lipinski definition) is 3. The molecule has 3 heteroatoms. The Labute approximate surface area is 70.0 Å². The largest absolute Gasteiger partial charge is 0.457 e. The molecule has 11 heavy (non-hydrogen) atoms. The summed E-state index contributed by atoms with van der Waals surface area (Å²) in [5.41, 5.74) is 0. The third kappa shape index (κ3) is 2.12. The van der Waals surface area contributed by atoms with Crippen LogP contribution in [0, 0.1) is 0 Å². The fraction of sp³-hybridized carbons (Fsp3) is 0.375. The third-order valence-electron chi connectivity index (χ3n) is 1.30. The average molecular weight is 170 g/mol. The molecule has 0 aromatic carbocycles. The molecule has 0 aliphatic carbocycles. The van der Waals surface area contributed by atoms with E-state index in [-0.39, 0.29) is 5.78 Å². The fourth-order valence-corrected chi connectivity index (χ4v) is 1.23. The average Bonchev–Trinajstić information content (AvgIpc) is 2.37. The molecule has 0 aliphatic heterocycles. The van der Waals surface area contributed by atoms with Crippen molar-refractivity contribution >= 4 is 17.5 Å². The first kappa shape index (κ1) is 8.40. The van der Waals surface area contributed by atoms with Gasteiger partial charge in [-0.15, -0.1) is 0 Å². The van der Waals surface area contributed by atoms with Crippen LogP contribution in [-0.2, 0) is 5.75 Å². The molecule has 0 fully saturated rings. The van der Waals surface area contributed by atoms with Crippen LogP contribution in [0.15, 0.2) is 16.5 Å². The van der Waals surface area contributed by atoms with E-state index < -0.39 is 0 Å². The van der Waals surface area contributed by atoms with Gasteiger partial charge in [0.05, 0.1) is 5.75 Å². The number of Topliss-reactive ketones (excluding diaryl/α,β-unsaturated/α-hetero) is 1. The van der Waals surface area contributed by atoms with Crippen LogP contribution in [-0.4, -0.2) is 12.0 Å². The van der Waals surface area contributed by atoms with E-state index in [0.717, 1.165) is 11.5 Å². The highest BCUT2D eigenvalue weighted by Gasteiger charge is 2.04. The zero-order chi connectivity index (χ0) is 8.27. The van der Waals surface area contributed by atoms with E-state index in [4.69, 9.17) is 4.42 Å². The molecule has 0 saturated carbocycles. The van der Waals surface area contributed by atoms with Crippen LogP contribution in [0.25, 0.3) is 0 Å². The maximum Gasteiger partial charge on any atom is 0.194 e. The van der Waals surface area contributed by atoms with Gasteiger partial charge in [-0.2, -0.15) is 11.8 Å². The number of carbonyl (C=O) groups excluding carboxylic acids is 1. The maximum atomic E-state index is 10.8. The van der Waals surface area contributed by atoms with Crippen molar-refractivity contribution < 1.29 is 9.21 Å². The molecule has 0 bridgehead atoms. The van der Waals surface area contributed by atoms with Crippen LogP contribution in [0.3, 0.4) is 0 Å². The summed E-state index contributed by atoms with van der Waals surface area (Å²) >= 11 is 1.67. The van der Waals surface area contributed by atoms with Crippen molar-refractivity contribution in [2.24, 2.45) is 0 Å². The highest BCUT2D eigenvalue weighted by molar-refractivity contribution is 7.97. The summed E-state index contributed by atoms with van der Waals surface area (Å²) in [6.07, 6.45) is 2.00. The summed E-state index contributed by atoms with van der Waals surface area (Å²) < 4.78 is 5.22. The number of ketones is 1. The second kappa shape index (κ2) is 3.62. The molecule has 0 amide bonds. The Morgan fingerprint density at radius 1 is 1.64 bits per heavy atom. The van der Waals surface area contributed by atoms with E-state index in [1.807, 2.05) is 12.3 Å². The van der Waals surface area contributed by atoms with E-state index >= 15 is 0 Å². The number of thioether (sulfide) groups is 1. The standard InChI is InChI=1S/C8H10O2S/c1-6(9)8-4-3-7(10-8)5-11-2/h3-4H,5H2,1-2H3. The first-order valence-electron chi connectivity index (χ1n) is 3.32. The van der Waals surface area contributed by atoms with Crippen LogP contribution in [0.4, 0.5) is 0 Å². The monoisotopic (exact) mass is 170 g/mol. The molecule has 1 heterocycles. The zero-order valence-corrected chi connectivity index (χ0v) is 7.40. The third-order valence-corrected chi connectivity index (χ3v) is 1.87. The van der Waals surface area contributed by atoms with Gasteiger partial charge >= 0.3 is 0 Å². The van der Waals surface area contributed by atoms with Gasteiger partial charge in [-0.1, -0.05) is 0 Å². The summed E-state index contributed by atoms with van der Waals surface area (Å²) in [5.74, 6) is 2.13. The van der Waals surface area contributed by atoms with Gasteiger partial charge in [-0.25, -0.2) is 0 Å². The minimum Gasteiger partial charge on any atom is -0.457 e. The van der Waals surface area contributed by atoms with Gasteiger partial charge in [-0.05, 0) is 18.4 Å². The second-order valence-electron chi connectivity index (χ2n) is 2.26. The van der Waals surface area contributed by atoms with Crippen molar-refractivity contribution in [2.75, 3.05) is 6.26 Å². The van der Waals surface area contributed by atoms with Crippen LogP contribution in [0.5, 0.6) is 0 Å². The topological polar surface area (TPSA) is 30.2 Å². The predicted molar refractivity (Wildman–Crippen MR) is 45.9 cm³/mol. The number of hydrogen-bond donors (Lipinski definition) is 0. The molecule has 0 saturated heterocycles. The van der Waals surface area contributed by atoms with Crippen molar-refractivity contribution in [3.05, 3.63) is 23.7 Å². The quantitative estimate of drug-likeness (QED) is 0.652. The zero-order valence-electron chi connectivity index (χ0n) is 6.59. The molecule has 2 nitrogen and oxygen atoms in total. The van der Waals surface area contributed by atoms with E-state index in [1.54, 1.807) is 17.8 Å². The van der Waals surface area contributed by atoms with E-state index in [9.17, 15) is 4.79 Å². The molecule has 0 radical (unpaired) electrons. The minimum absolute atomic E-state index is 0.0163. The van der Waals surface area contributed by atoms with Gasteiger partial charge in [-0.3, -0.25) is 4.79 Å². The van der Waals surface area contributed by atoms with Crippen LogP contribution in [0.2, 0.25) is 0 Å². The summed E-state index contributed by atoms with van der Waals surface area (Å²) in [4.78, 5) is 10.8. The second-order valence-corrected chi connectivity index (χ2v) is 3.12. The molecule has 0 unspecified atom stereocenters. The van der Waals surface area contributed by atoms with Crippen LogP contribution >= 0.6 is 11.8 Å². The number of furan rings is 1. The van der Waals surface area contributed by atoms with Crippen molar-refractivity contribution in [2.45, 2.75) is 12.7 Å². The fourth-order valence-electron chi connectivity index (χ4n) is 0.787. The number of carbonyl (C=O) groups is 1. The maximum absolute atomic E-state index is 10.8. The molecule has 0 N–H and O–H groups in total. The van der Waals surface area contributed by atoms with Crippen LogP contribution < -0.4 is 0 Å². The first-order chi connectivity index (χ1) is 5.24. The van der Waals surface area contributed by atoms with Gasteiger partial charge in [0, 0.05) is 6.92 Å². The lowest BCUT2D eigenvalue weighted by Crippen LogP contribution is -1.86. The van der Waals surface area contributed by atoms with Gasteiger partial charge in [0.15, 0.2) is 11.5 Å². The lowest BCUT2D eigenvalue weighted by atomic mass is 10.3. The van der Waals surface area contributed by atoms with Gasteiger partial charge in [0.1, 0.15) is 5.76 Å². The number of rotatable bonds is 3. The van der Waals surface area contributed by atoms with Crippen molar-refractivity contribution in [3.63, 3.8) is 0 Å². The Hall–Kier alpha value is -0.700. The first-order valence-corrected chi connectivity index (χ1v) is 4.72. The Morgan fingerprint density at radius 2 is 2.36 bits per heavy atom. The lowest BCUT2D eigenvalue weighted by Gasteiger charge is -1.89. The Kier molecular flexibility index (Phi) is 2.76. The summed E-state index contributed by atoms with van der Waals surface area (Å²) in [6.45, 7) is 1.50. The van der Waals surface area contributed by atoms with Gasteiger partial charge < -0.3 is 4.42 Å². The SMILES string of the molecule is CSCc1ccc(C(C)=O)o1. The highest BCUT2D eigenvalue weighted by Crippen LogP contribution is 2.13. The normalized spacial score (nSPS) is 10.0. The highest BCUT2D eigenvalue weighted by atomic mass is 32.2. The van der Waals surface area contributed by atoms with Gasteiger partial charge in [0.2, 0.25) is 0 Å². The van der Waals surface area contributed by atoms with E-state index in [0.29, 0.717) is 5.76 Å². The molecule has 1 aromatic rings. The van der Waals surface area contributed by atoms with Crippen LogP contribution in [0.1, 0.15) is 23.2 Å². The Balaban J connectivity index is 2.73. The molecule has 60 valence electrons. The lowest BCUT2D eigenvalue weighted by molar-refractivity contribution is 0.0986. The summed E-state index contributed by atoms with van der Waals surface area (Å²) in [5, 5.41) is 0. The molecule has 0 spiro atoms.